The molecule has 0 saturated carbocycles. The van der Waals surface area contributed by atoms with Gasteiger partial charge >= 0.3 is 0 Å². The molecule has 1 aliphatic heterocycles. The van der Waals surface area contributed by atoms with Crippen molar-refractivity contribution in [2.75, 3.05) is 13.1 Å². The summed E-state index contributed by atoms with van der Waals surface area (Å²) in [6, 6.07) is 2.11. The molecule has 1 unspecified atom stereocenters. The number of nitrogens with zero attached hydrogens (tertiary/aromatic N) is 1. The SMILES string of the molecule is CCC1CCCN(S(=O)(=O)c2ccsc2CNC(C)C)C1. The second-order valence-corrected chi connectivity index (χ2v) is 8.93. The van der Waals surface area contributed by atoms with Gasteiger partial charge in [-0.3, -0.25) is 0 Å². The molecule has 1 aliphatic rings. The minimum absolute atomic E-state index is 0.349. The summed E-state index contributed by atoms with van der Waals surface area (Å²) in [6.07, 6.45) is 3.17. The van der Waals surface area contributed by atoms with Crippen molar-refractivity contribution >= 4 is 21.4 Å². The third-order valence-corrected chi connectivity index (χ3v) is 7.05. The first-order valence-corrected chi connectivity index (χ1v) is 10.1. The maximum Gasteiger partial charge on any atom is 0.244 e. The van der Waals surface area contributed by atoms with Gasteiger partial charge in [-0.05, 0) is 30.2 Å². The van der Waals surface area contributed by atoms with Gasteiger partial charge < -0.3 is 5.32 Å². The van der Waals surface area contributed by atoms with Crippen molar-refractivity contribution in [2.24, 2.45) is 5.92 Å². The summed E-state index contributed by atoms with van der Waals surface area (Å²) in [5.74, 6) is 0.504. The predicted octanol–water partition coefficient (Wildman–Crippen LogP) is 3.06. The van der Waals surface area contributed by atoms with E-state index in [2.05, 4.69) is 26.1 Å². The largest absolute Gasteiger partial charge is 0.310 e. The second kappa shape index (κ2) is 7.22. The van der Waals surface area contributed by atoms with E-state index in [9.17, 15) is 8.42 Å². The minimum Gasteiger partial charge on any atom is -0.310 e. The van der Waals surface area contributed by atoms with Crippen LogP contribution >= 0.6 is 11.3 Å². The van der Waals surface area contributed by atoms with Crippen LogP contribution < -0.4 is 5.32 Å². The highest BCUT2D eigenvalue weighted by Crippen LogP contribution is 2.29. The first-order chi connectivity index (χ1) is 9.95. The van der Waals surface area contributed by atoms with Crippen LogP contribution in [0.3, 0.4) is 0 Å². The Hall–Kier alpha value is -0.430. The van der Waals surface area contributed by atoms with Crippen LogP contribution in [0, 0.1) is 5.92 Å². The fraction of sp³-hybridized carbons (Fsp3) is 0.733. The Morgan fingerprint density at radius 3 is 2.90 bits per heavy atom. The van der Waals surface area contributed by atoms with E-state index in [1.165, 1.54) is 11.3 Å². The van der Waals surface area contributed by atoms with Crippen molar-refractivity contribution in [3.05, 3.63) is 16.3 Å². The maximum absolute atomic E-state index is 12.9. The fourth-order valence-electron chi connectivity index (χ4n) is 2.70. The Morgan fingerprint density at radius 2 is 2.24 bits per heavy atom. The summed E-state index contributed by atoms with van der Waals surface area (Å²) in [4.78, 5) is 1.42. The van der Waals surface area contributed by atoms with Crippen LogP contribution in [0.4, 0.5) is 0 Å². The summed E-state index contributed by atoms with van der Waals surface area (Å²) in [5, 5.41) is 5.19. The van der Waals surface area contributed by atoms with E-state index < -0.39 is 10.0 Å². The smallest absolute Gasteiger partial charge is 0.244 e. The number of hydrogen-bond acceptors (Lipinski definition) is 4. The molecule has 1 aromatic heterocycles. The fourth-order valence-corrected chi connectivity index (χ4v) is 5.62. The normalized spacial score (nSPS) is 21.0. The lowest BCUT2D eigenvalue weighted by Crippen LogP contribution is -2.40. The molecule has 6 heteroatoms. The lowest BCUT2D eigenvalue weighted by Gasteiger charge is -2.31. The first-order valence-electron chi connectivity index (χ1n) is 7.75. The highest BCUT2D eigenvalue weighted by atomic mass is 32.2. The van der Waals surface area contributed by atoms with Gasteiger partial charge in [-0.1, -0.05) is 27.2 Å². The van der Waals surface area contributed by atoms with Crippen LogP contribution in [0.5, 0.6) is 0 Å². The van der Waals surface area contributed by atoms with Gasteiger partial charge in [0.05, 0.1) is 4.90 Å². The number of nitrogens with one attached hydrogen (secondary N) is 1. The molecule has 1 atom stereocenters. The molecule has 0 bridgehead atoms. The van der Waals surface area contributed by atoms with E-state index in [1.54, 1.807) is 10.4 Å². The number of sulfonamides is 1. The molecule has 1 saturated heterocycles. The topological polar surface area (TPSA) is 49.4 Å². The molecular weight excluding hydrogens is 304 g/mol. The van der Waals surface area contributed by atoms with E-state index in [1.807, 2.05) is 5.38 Å². The van der Waals surface area contributed by atoms with Gasteiger partial charge in [0, 0.05) is 30.6 Å². The Labute approximate surface area is 132 Å². The van der Waals surface area contributed by atoms with Crippen molar-refractivity contribution in [1.29, 1.82) is 0 Å². The lowest BCUT2D eigenvalue weighted by atomic mass is 9.97. The van der Waals surface area contributed by atoms with Crippen molar-refractivity contribution in [3.63, 3.8) is 0 Å². The van der Waals surface area contributed by atoms with E-state index in [4.69, 9.17) is 0 Å². The van der Waals surface area contributed by atoms with Crippen molar-refractivity contribution in [1.82, 2.24) is 9.62 Å². The summed E-state index contributed by atoms with van der Waals surface area (Å²) < 4.78 is 27.4. The zero-order valence-corrected chi connectivity index (χ0v) is 14.8. The highest BCUT2D eigenvalue weighted by Gasteiger charge is 2.31. The Bertz CT molecular complexity index is 552. The summed E-state index contributed by atoms with van der Waals surface area (Å²) in [7, 11) is -3.34. The van der Waals surface area contributed by atoms with Gasteiger partial charge in [0.25, 0.3) is 0 Å². The summed E-state index contributed by atoms with van der Waals surface area (Å²) in [5.41, 5.74) is 0. The van der Waals surface area contributed by atoms with Crippen LogP contribution in [0.25, 0.3) is 0 Å². The van der Waals surface area contributed by atoms with E-state index >= 15 is 0 Å². The molecule has 21 heavy (non-hydrogen) atoms. The molecule has 1 fully saturated rings. The summed E-state index contributed by atoms with van der Waals surface area (Å²) in [6.45, 7) is 8.23. The maximum atomic E-state index is 12.9. The lowest BCUT2D eigenvalue weighted by molar-refractivity contribution is 0.261. The third kappa shape index (κ3) is 4.06. The Morgan fingerprint density at radius 1 is 1.48 bits per heavy atom. The van der Waals surface area contributed by atoms with Crippen LogP contribution in [0.2, 0.25) is 0 Å². The third-order valence-electron chi connectivity index (χ3n) is 4.05. The van der Waals surface area contributed by atoms with Crippen molar-refractivity contribution < 1.29 is 8.42 Å². The van der Waals surface area contributed by atoms with E-state index in [0.717, 1.165) is 24.1 Å². The number of hydrogen-bond donors (Lipinski definition) is 1. The minimum atomic E-state index is -3.34. The number of piperidine rings is 1. The van der Waals surface area contributed by atoms with Crippen molar-refractivity contribution in [3.8, 4) is 0 Å². The molecular formula is C15H26N2O2S2. The zero-order valence-electron chi connectivity index (χ0n) is 13.1. The molecule has 120 valence electrons. The molecule has 0 aromatic carbocycles. The van der Waals surface area contributed by atoms with E-state index in [0.29, 0.717) is 36.5 Å². The molecule has 2 rings (SSSR count). The van der Waals surface area contributed by atoms with Crippen molar-refractivity contribution in [2.45, 2.75) is 57.5 Å². The Kier molecular flexibility index (Phi) is 5.82. The molecule has 0 radical (unpaired) electrons. The summed E-state index contributed by atoms with van der Waals surface area (Å²) >= 11 is 1.52. The van der Waals surface area contributed by atoms with Gasteiger partial charge in [-0.15, -0.1) is 11.3 Å². The monoisotopic (exact) mass is 330 g/mol. The average molecular weight is 331 g/mol. The molecule has 0 spiro atoms. The highest BCUT2D eigenvalue weighted by molar-refractivity contribution is 7.89. The second-order valence-electron chi connectivity index (χ2n) is 6.02. The molecule has 4 nitrogen and oxygen atoms in total. The zero-order chi connectivity index (χ0) is 15.5. The molecule has 2 heterocycles. The molecule has 0 amide bonds. The van der Waals surface area contributed by atoms with Crippen LogP contribution in [-0.2, 0) is 16.6 Å². The number of thiophene rings is 1. The van der Waals surface area contributed by atoms with Gasteiger partial charge in [0.15, 0.2) is 0 Å². The molecule has 1 N–H and O–H groups in total. The van der Waals surface area contributed by atoms with Crippen LogP contribution in [0.1, 0.15) is 44.9 Å². The first kappa shape index (κ1) is 16.9. The van der Waals surface area contributed by atoms with Gasteiger partial charge in [-0.2, -0.15) is 4.31 Å². The average Bonchev–Trinajstić information content (AvgIpc) is 2.94. The quantitative estimate of drug-likeness (QED) is 0.872. The van der Waals surface area contributed by atoms with Gasteiger partial charge in [-0.25, -0.2) is 8.42 Å². The van der Waals surface area contributed by atoms with Gasteiger partial charge in [0.1, 0.15) is 0 Å². The molecule has 0 aliphatic carbocycles. The number of rotatable bonds is 6. The predicted molar refractivity (Wildman–Crippen MR) is 88.1 cm³/mol. The van der Waals surface area contributed by atoms with Crippen LogP contribution in [-0.4, -0.2) is 31.9 Å². The standard InChI is InChI=1S/C15H26N2O2S2/c1-4-13-6-5-8-17(11-13)21(18,19)15-7-9-20-14(15)10-16-12(2)3/h7,9,12-13,16H,4-6,8,10-11H2,1-3H3. The van der Waals surface area contributed by atoms with Crippen LogP contribution in [0.15, 0.2) is 16.3 Å². The van der Waals surface area contributed by atoms with Gasteiger partial charge in [0.2, 0.25) is 10.0 Å². The van der Waals surface area contributed by atoms with E-state index in [-0.39, 0.29) is 0 Å². The Balaban J connectivity index is 2.17. The molecule has 1 aromatic rings.